The number of hydrogen-bond donors (Lipinski definition) is 2. The molecule has 0 aliphatic carbocycles. The van der Waals surface area contributed by atoms with Gasteiger partial charge in [-0.3, -0.25) is 4.79 Å². The van der Waals surface area contributed by atoms with Gasteiger partial charge in [-0.15, -0.1) is 18.3 Å². The summed E-state index contributed by atoms with van der Waals surface area (Å²) in [5.74, 6) is -1.73. The molecule has 0 fully saturated rings. The van der Waals surface area contributed by atoms with Gasteiger partial charge in [0, 0.05) is 16.6 Å². The van der Waals surface area contributed by atoms with Crippen molar-refractivity contribution in [2.75, 3.05) is 5.32 Å². The molecular weight excluding hydrogens is 669 g/mol. The molecule has 4 rings (SSSR count). The standard InChI is InChI=1S/C28H28BrF3N6O7/c1-14(2)22(34-26(41)45-27(3,4)5)25(40)42-13-38-23(35-36-37-38)21-10-15-6-7-16(11-20(15)43-21)24(39)33-17-8-9-19(18(29)12-17)44-28(30,31)32/h6-12,14,22H,13H2,1-5H3,(H,33,39)(H,34,41)/t22-/m0/s1. The van der Waals surface area contributed by atoms with Crippen LogP contribution in [0.15, 0.2) is 51.4 Å². The Morgan fingerprint density at radius 3 is 2.44 bits per heavy atom. The van der Waals surface area contributed by atoms with Crippen molar-refractivity contribution in [3.05, 3.63) is 52.5 Å². The summed E-state index contributed by atoms with van der Waals surface area (Å²) in [7, 11) is 0. The molecule has 240 valence electrons. The number of fused-ring (bicyclic) bond motifs is 1. The molecule has 45 heavy (non-hydrogen) atoms. The van der Waals surface area contributed by atoms with Crippen molar-refractivity contribution >= 4 is 50.6 Å². The molecule has 1 atom stereocenters. The van der Waals surface area contributed by atoms with Gasteiger partial charge in [0.25, 0.3) is 5.91 Å². The lowest BCUT2D eigenvalue weighted by atomic mass is 10.1. The van der Waals surface area contributed by atoms with E-state index in [9.17, 15) is 27.6 Å². The molecule has 0 saturated heterocycles. The maximum atomic E-state index is 12.9. The third-order valence-electron chi connectivity index (χ3n) is 5.87. The highest BCUT2D eigenvalue weighted by atomic mass is 79.9. The monoisotopic (exact) mass is 696 g/mol. The average Bonchev–Trinajstić information content (AvgIpc) is 3.56. The number of alkyl halides is 3. The molecule has 2 N–H and O–H groups in total. The van der Waals surface area contributed by atoms with Gasteiger partial charge in [0.2, 0.25) is 5.82 Å². The largest absolute Gasteiger partial charge is 0.573 e. The molecular formula is C28H28BrF3N6O7. The fourth-order valence-electron chi connectivity index (χ4n) is 3.89. The van der Waals surface area contributed by atoms with Crippen LogP contribution in [0.3, 0.4) is 0 Å². The lowest BCUT2D eigenvalue weighted by molar-refractivity contribution is -0.274. The molecule has 0 saturated carbocycles. The Morgan fingerprint density at radius 1 is 1.07 bits per heavy atom. The summed E-state index contributed by atoms with van der Waals surface area (Å²) in [5.41, 5.74) is -0.0337. The summed E-state index contributed by atoms with van der Waals surface area (Å²) in [6.07, 6.45) is -5.63. The Morgan fingerprint density at radius 2 is 1.80 bits per heavy atom. The number of halogens is 4. The van der Waals surface area contributed by atoms with Crippen LogP contribution >= 0.6 is 15.9 Å². The number of aromatic nitrogens is 4. The molecule has 13 nitrogen and oxygen atoms in total. The first kappa shape index (κ1) is 33.2. The van der Waals surface area contributed by atoms with Crippen molar-refractivity contribution in [3.63, 3.8) is 0 Å². The van der Waals surface area contributed by atoms with E-state index in [0.717, 1.165) is 6.07 Å². The number of tetrazole rings is 1. The minimum Gasteiger partial charge on any atom is -0.453 e. The van der Waals surface area contributed by atoms with Crippen LogP contribution in [0.4, 0.5) is 23.7 Å². The molecule has 0 aliphatic rings. The van der Waals surface area contributed by atoms with Gasteiger partial charge >= 0.3 is 18.4 Å². The van der Waals surface area contributed by atoms with E-state index in [2.05, 4.69) is 46.8 Å². The topological polar surface area (TPSA) is 160 Å². The normalized spacial score (nSPS) is 12.6. The maximum absolute atomic E-state index is 12.9. The summed E-state index contributed by atoms with van der Waals surface area (Å²) in [4.78, 5) is 37.9. The Kier molecular flexibility index (Phi) is 9.70. The zero-order chi connectivity index (χ0) is 33.1. The molecule has 0 radical (unpaired) electrons. The van der Waals surface area contributed by atoms with Gasteiger partial charge in [-0.2, -0.15) is 4.68 Å². The molecule has 2 aromatic heterocycles. The molecule has 2 heterocycles. The van der Waals surface area contributed by atoms with Gasteiger partial charge in [0.05, 0.1) is 4.47 Å². The van der Waals surface area contributed by atoms with Crippen molar-refractivity contribution in [2.45, 2.75) is 59.4 Å². The summed E-state index contributed by atoms with van der Waals surface area (Å²) in [6.45, 7) is 8.17. The number of esters is 1. The molecule has 2 amide bonds. The molecule has 2 aromatic carbocycles. The van der Waals surface area contributed by atoms with Crippen molar-refractivity contribution in [1.29, 1.82) is 0 Å². The summed E-state index contributed by atoms with van der Waals surface area (Å²) in [5, 5.41) is 17.1. The SMILES string of the molecule is CC(C)[C@H](NC(=O)OC(C)(C)C)C(=O)OCn1nnnc1-c1cc2ccc(C(=O)Nc3ccc(OC(F)(F)F)c(Br)c3)cc2o1. The fourth-order valence-corrected chi connectivity index (χ4v) is 4.35. The second kappa shape index (κ2) is 13.1. The average molecular weight is 697 g/mol. The smallest absolute Gasteiger partial charge is 0.453 e. The van der Waals surface area contributed by atoms with E-state index < -0.39 is 48.5 Å². The fraction of sp³-hybridized carbons (Fsp3) is 0.357. The van der Waals surface area contributed by atoms with E-state index in [1.807, 2.05) is 0 Å². The first-order valence-corrected chi connectivity index (χ1v) is 14.1. The molecule has 4 aromatic rings. The van der Waals surface area contributed by atoms with Crippen LogP contribution in [0, 0.1) is 5.92 Å². The number of alkyl carbamates (subject to hydrolysis) is 1. The zero-order valence-corrected chi connectivity index (χ0v) is 26.1. The number of nitrogens with one attached hydrogen (secondary N) is 2. The van der Waals surface area contributed by atoms with E-state index >= 15 is 0 Å². The van der Waals surface area contributed by atoms with Crippen molar-refractivity contribution in [1.82, 2.24) is 25.5 Å². The Bertz CT molecular complexity index is 1710. The van der Waals surface area contributed by atoms with Crippen LogP contribution < -0.4 is 15.4 Å². The lowest BCUT2D eigenvalue weighted by Crippen LogP contribution is -2.47. The van der Waals surface area contributed by atoms with E-state index in [1.54, 1.807) is 46.8 Å². The van der Waals surface area contributed by atoms with Crippen LogP contribution in [-0.2, 0) is 21.0 Å². The number of benzene rings is 2. The van der Waals surface area contributed by atoms with Gasteiger partial charge in [0.15, 0.2) is 12.5 Å². The third-order valence-corrected chi connectivity index (χ3v) is 6.49. The van der Waals surface area contributed by atoms with Crippen LogP contribution in [0.25, 0.3) is 22.6 Å². The maximum Gasteiger partial charge on any atom is 0.573 e. The highest BCUT2D eigenvalue weighted by Crippen LogP contribution is 2.33. The third kappa shape index (κ3) is 8.93. The molecule has 0 bridgehead atoms. The summed E-state index contributed by atoms with van der Waals surface area (Å²) in [6, 6.07) is 8.84. The molecule has 17 heteroatoms. The number of furan rings is 1. The Labute approximate surface area is 262 Å². The van der Waals surface area contributed by atoms with E-state index in [1.165, 1.54) is 28.9 Å². The highest BCUT2D eigenvalue weighted by molar-refractivity contribution is 9.10. The summed E-state index contributed by atoms with van der Waals surface area (Å²) < 4.78 is 59.1. The van der Waals surface area contributed by atoms with Crippen molar-refractivity contribution in [3.8, 4) is 17.3 Å². The predicted molar refractivity (Wildman–Crippen MR) is 156 cm³/mol. The number of nitrogens with zero attached hydrogens (tertiary/aromatic N) is 4. The minimum atomic E-state index is -4.87. The number of carbonyl (C=O) groups excluding carboxylic acids is 3. The Hall–Kier alpha value is -4.67. The molecule has 0 unspecified atom stereocenters. The van der Waals surface area contributed by atoms with Crippen molar-refractivity contribution in [2.24, 2.45) is 5.92 Å². The van der Waals surface area contributed by atoms with Crippen LogP contribution in [0.1, 0.15) is 45.0 Å². The van der Waals surface area contributed by atoms with Crippen LogP contribution in [0.5, 0.6) is 5.75 Å². The highest BCUT2D eigenvalue weighted by Gasteiger charge is 2.32. The number of carbonyl (C=O) groups is 3. The number of ether oxygens (including phenoxy) is 3. The van der Waals surface area contributed by atoms with Gasteiger partial charge in [0.1, 0.15) is 23.0 Å². The van der Waals surface area contributed by atoms with Crippen LogP contribution in [0.2, 0.25) is 0 Å². The zero-order valence-electron chi connectivity index (χ0n) is 24.6. The van der Waals surface area contributed by atoms with Gasteiger partial charge < -0.3 is 29.3 Å². The Balaban J connectivity index is 1.44. The number of rotatable bonds is 9. The number of amides is 2. The van der Waals surface area contributed by atoms with Crippen LogP contribution in [-0.4, -0.2) is 56.2 Å². The molecule has 0 aliphatic heterocycles. The lowest BCUT2D eigenvalue weighted by Gasteiger charge is -2.24. The molecule has 0 spiro atoms. The summed E-state index contributed by atoms with van der Waals surface area (Å²) >= 11 is 3.00. The van der Waals surface area contributed by atoms with Gasteiger partial charge in [-0.05, 0) is 89.4 Å². The number of hydrogen-bond acceptors (Lipinski definition) is 10. The number of anilines is 1. The second-order valence-corrected chi connectivity index (χ2v) is 11.8. The minimum absolute atomic E-state index is 0.00816. The first-order chi connectivity index (χ1) is 21.0. The predicted octanol–water partition coefficient (Wildman–Crippen LogP) is 6.05. The van der Waals surface area contributed by atoms with Crippen molar-refractivity contribution < 1.29 is 46.2 Å². The first-order valence-electron chi connectivity index (χ1n) is 13.3. The van der Waals surface area contributed by atoms with E-state index in [0.29, 0.717) is 11.0 Å². The van der Waals surface area contributed by atoms with Gasteiger partial charge in [-0.25, -0.2) is 9.59 Å². The van der Waals surface area contributed by atoms with E-state index in [-0.39, 0.29) is 33.2 Å². The second-order valence-electron chi connectivity index (χ2n) is 11.0. The van der Waals surface area contributed by atoms with Gasteiger partial charge in [-0.1, -0.05) is 19.9 Å². The van der Waals surface area contributed by atoms with E-state index in [4.69, 9.17) is 13.9 Å². The quantitative estimate of drug-likeness (QED) is 0.197.